The minimum atomic E-state index is -0.605. The number of hydrogen-bond acceptors (Lipinski definition) is 4. The Balaban J connectivity index is 1.59. The molecule has 4 atom stereocenters. The van der Waals surface area contributed by atoms with Crippen molar-refractivity contribution in [3.8, 4) is 0 Å². The van der Waals surface area contributed by atoms with Crippen molar-refractivity contribution in [2.24, 2.45) is 11.8 Å². The summed E-state index contributed by atoms with van der Waals surface area (Å²) in [7, 11) is 0. The Kier molecular flexibility index (Phi) is 5.75. The Bertz CT molecular complexity index is 930. The van der Waals surface area contributed by atoms with E-state index in [2.05, 4.69) is 41.5 Å². The third-order valence-corrected chi connectivity index (χ3v) is 6.70. The first-order valence-electron chi connectivity index (χ1n) is 10.8. The average Bonchev–Trinajstić information content (AvgIpc) is 2.72. The van der Waals surface area contributed by atoms with Gasteiger partial charge in [-0.15, -0.1) is 0 Å². The summed E-state index contributed by atoms with van der Waals surface area (Å²) in [5, 5.41) is 2.72. The van der Waals surface area contributed by atoms with Gasteiger partial charge in [0.1, 0.15) is 5.82 Å². The summed E-state index contributed by atoms with van der Waals surface area (Å²) < 4.78 is 0. The first-order chi connectivity index (χ1) is 14.4. The van der Waals surface area contributed by atoms with E-state index >= 15 is 0 Å². The van der Waals surface area contributed by atoms with Crippen LogP contribution in [0, 0.1) is 18.8 Å². The smallest absolute Gasteiger partial charge is 0.313 e. The topological polar surface area (TPSA) is 88.3 Å². The second-order valence-corrected chi connectivity index (χ2v) is 8.86. The van der Waals surface area contributed by atoms with Gasteiger partial charge in [0.05, 0.1) is 11.9 Å². The van der Waals surface area contributed by atoms with Crippen molar-refractivity contribution < 1.29 is 9.59 Å². The van der Waals surface area contributed by atoms with E-state index in [1.807, 2.05) is 17.9 Å². The predicted molar refractivity (Wildman–Crippen MR) is 118 cm³/mol. The number of nitrogens with one attached hydrogen (secondary N) is 1. The zero-order valence-electron chi connectivity index (χ0n) is 17.7. The highest BCUT2D eigenvalue weighted by Crippen LogP contribution is 2.43. The fourth-order valence-corrected chi connectivity index (χ4v) is 5.32. The van der Waals surface area contributed by atoms with Crippen molar-refractivity contribution >= 4 is 23.3 Å². The maximum absolute atomic E-state index is 13.3. The standard InChI is InChI=1S/C24H30N4O2/c1-15-11-17-7-6-10-20(18-8-4-3-5-9-18)21(15)28(14-17)24(30)23(29)27-19-12-16(2)22(25)26-13-19/h3-5,8-9,12-13,15,17,20-21H,6-7,10-11,14H2,1-2H3,(H2,25,26)(H,27,29)/t15-,17-,20-,21?/m0/s1. The van der Waals surface area contributed by atoms with Gasteiger partial charge in [-0.25, -0.2) is 4.98 Å². The maximum Gasteiger partial charge on any atom is 0.313 e. The van der Waals surface area contributed by atoms with Gasteiger partial charge in [0.25, 0.3) is 0 Å². The Hall–Kier alpha value is -2.89. The average molecular weight is 407 g/mol. The second-order valence-electron chi connectivity index (χ2n) is 8.86. The lowest BCUT2D eigenvalue weighted by Gasteiger charge is -2.49. The molecule has 1 unspecified atom stereocenters. The third kappa shape index (κ3) is 4.04. The molecule has 1 saturated carbocycles. The molecule has 1 aliphatic carbocycles. The largest absolute Gasteiger partial charge is 0.383 e. The molecule has 5 rings (SSSR count). The first-order valence-corrected chi connectivity index (χ1v) is 10.8. The molecule has 0 spiro atoms. The van der Waals surface area contributed by atoms with Crippen LogP contribution in [0.3, 0.4) is 0 Å². The van der Waals surface area contributed by atoms with Gasteiger partial charge < -0.3 is 16.0 Å². The van der Waals surface area contributed by atoms with Gasteiger partial charge in [-0.3, -0.25) is 9.59 Å². The number of carbonyl (C=O) groups excluding carboxylic acids is 2. The number of nitrogens with zero attached hydrogens (tertiary/aromatic N) is 2. The van der Waals surface area contributed by atoms with E-state index in [0.29, 0.717) is 29.9 Å². The normalized spacial score (nSPS) is 26.0. The fraction of sp³-hybridized carbons (Fsp3) is 0.458. The number of fused-ring (bicyclic) bond motifs is 5. The van der Waals surface area contributed by atoms with Gasteiger partial charge in [0, 0.05) is 18.5 Å². The summed E-state index contributed by atoms with van der Waals surface area (Å²) >= 11 is 0. The van der Waals surface area contributed by atoms with Gasteiger partial charge in [0.15, 0.2) is 0 Å². The number of amides is 2. The number of piperidine rings is 1. The van der Waals surface area contributed by atoms with Gasteiger partial charge >= 0.3 is 11.8 Å². The molecule has 3 aliphatic rings. The molecule has 0 radical (unpaired) electrons. The number of benzene rings is 1. The molecule has 1 aromatic carbocycles. The number of hydrogen-bond donors (Lipinski definition) is 2. The van der Waals surface area contributed by atoms with Gasteiger partial charge in [-0.05, 0) is 55.2 Å². The van der Waals surface area contributed by atoms with Crippen molar-refractivity contribution in [2.75, 3.05) is 17.6 Å². The minimum absolute atomic E-state index is 0.0356. The van der Waals surface area contributed by atoms with Crippen LogP contribution in [-0.2, 0) is 9.59 Å². The summed E-state index contributed by atoms with van der Waals surface area (Å²) in [5.74, 6) is 0.427. The quantitative estimate of drug-likeness (QED) is 0.744. The molecule has 158 valence electrons. The van der Waals surface area contributed by atoms with Crippen LogP contribution in [0.25, 0.3) is 0 Å². The second kappa shape index (κ2) is 8.46. The number of aromatic nitrogens is 1. The number of pyridine rings is 1. The zero-order valence-corrected chi connectivity index (χ0v) is 17.7. The van der Waals surface area contributed by atoms with Crippen LogP contribution >= 0.6 is 0 Å². The summed E-state index contributed by atoms with van der Waals surface area (Å²) in [5.41, 5.74) is 8.27. The lowest BCUT2D eigenvalue weighted by atomic mass is 9.70. The molecule has 2 bridgehead atoms. The lowest BCUT2D eigenvalue weighted by Crippen LogP contribution is -2.56. The van der Waals surface area contributed by atoms with Crippen LogP contribution in [-0.4, -0.2) is 34.3 Å². The number of nitrogens with two attached hydrogens (primary N) is 1. The Morgan fingerprint density at radius 3 is 2.70 bits per heavy atom. The highest BCUT2D eigenvalue weighted by molar-refractivity contribution is 6.39. The van der Waals surface area contributed by atoms with E-state index < -0.39 is 11.8 Å². The number of aryl methyl sites for hydroxylation is 1. The molecule has 2 amide bonds. The third-order valence-electron chi connectivity index (χ3n) is 6.70. The lowest BCUT2D eigenvalue weighted by molar-refractivity contribution is -0.149. The molecule has 2 aromatic rings. The van der Waals surface area contributed by atoms with E-state index in [9.17, 15) is 9.59 Å². The van der Waals surface area contributed by atoms with E-state index in [0.717, 1.165) is 31.2 Å². The van der Waals surface area contributed by atoms with E-state index in [4.69, 9.17) is 5.73 Å². The molecular weight excluding hydrogens is 376 g/mol. The van der Waals surface area contributed by atoms with Crippen LogP contribution in [0.15, 0.2) is 42.6 Å². The zero-order chi connectivity index (χ0) is 21.3. The molecular formula is C24H30N4O2. The highest BCUT2D eigenvalue weighted by atomic mass is 16.2. The number of anilines is 2. The SMILES string of the molecule is Cc1cc(NC(=O)C(=O)N2C[C@H]3CCC[C@@H](c4ccccc4)C2[C@@H](C)C3)cnc1N. The Morgan fingerprint density at radius 1 is 1.20 bits per heavy atom. The number of nitrogen functional groups attached to an aromatic ring is 1. The van der Waals surface area contributed by atoms with Crippen molar-refractivity contribution in [3.63, 3.8) is 0 Å². The molecule has 2 saturated heterocycles. The molecule has 6 heteroatoms. The van der Waals surface area contributed by atoms with Crippen LogP contribution in [0.1, 0.15) is 49.7 Å². The summed E-state index contributed by atoms with van der Waals surface area (Å²) in [6.45, 7) is 4.70. The molecule has 2 aliphatic heterocycles. The van der Waals surface area contributed by atoms with E-state index in [1.165, 1.54) is 11.8 Å². The maximum atomic E-state index is 13.3. The summed E-state index contributed by atoms with van der Waals surface area (Å²) in [6, 6.07) is 12.2. The van der Waals surface area contributed by atoms with Crippen molar-refractivity contribution in [3.05, 3.63) is 53.7 Å². The monoisotopic (exact) mass is 406 g/mol. The Labute approximate surface area is 177 Å². The first kappa shape index (κ1) is 20.4. The van der Waals surface area contributed by atoms with Crippen molar-refractivity contribution in [1.29, 1.82) is 0 Å². The van der Waals surface area contributed by atoms with Crippen molar-refractivity contribution in [1.82, 2.24) is 9.88 Å². The van der Waals surface area contributed by atoms with Crippen LogP contribution in [0.4, 0.5) is 11.5 Å². The van der Waals surface area contributed by atoms with Crippen LogP contribution in [0.5, 0.6) is 0 Å². The predicted octanol–water partition coefficient (Wildman–Crippen LogP) is 3.73. The Morgan fingerprint density at radius 2 is 1.97 bits per heavy atom. The van der Waals surface area contributed by atoms with E-state index in [-0.39, 0.29) is 12.0 Å². The summed E-state index contributed by atoms with van der Waals surface area (Å²) in [6.07, 6.45) is 5.91. The van der Waals surface area contributed by atoms with Gasteiger partial charge in [-0.1, -0.05) is 43.7 Å². The molecule has 3 fully saturated rings. The molecule has 3 heterocycles. The molecule has 3 N–H and O–H groups in total. The fourth-order valence-electron chi connectivity index (χ4n) is 5.32. The molecule has 30 heavy (non-hydrogen) atoms. The van der Waals surface area contributed by atoms with E-state index in [1.54, 1.807) is 6.07 Å². The molecule has 6 nitrogen and oxygen atoms in total. The van der Waals surface area contributed by atoms with Crippen LogP contribution < -0.4 is 11.1 Å². The number of rotatable bonds is 2. The van der Waals surface area contributed by atoms with Crippen molar-refractivity contribution in [2.45, 2.75) is 51.5 Å². The summed E-state index contributed by atoms with van der Waals surface area (Å²) in [4.78, 5) is 32.1. The van der Waals surface area contributed by atoms with Gasteiger partial charge in [-0.2, -0.15) is 0 Å². The minimum Gasteiger partial charge on any atom is -0.383 e. The number of carbonyl (C=O) groups is 2. The van der Waals surface area contributed by atoms with Gasteiger partial charge in [0.2, 0.25) is 0 Å². The van der Waals surface area contributed by atoms with Crippen LogP contribution in [0.2, 0.25) is 0 Å². The highest BCUT2D eigenvalue weighted by Gasteiger charge is 2.44. The molecule has 1 aromatic heterocycles.